The van der Waals surface area contributed by atoms with Gasteiger partial charge in [-0.05, 0) is 45.0 Å². The molecule has 0 aliphatic carbocycles. The number of rotatable bonds is 8. The standard InChI is InChI=1S/C18H29ClN4O2/c1-6-21-17(22-13-18(2,3)16(24)20-4)23(5)11-12-25-15-9-7-14(19)8-10-15/h7-10H,6,11-13H2,1-5H3,(H,20,24)(H,21,22). The Hall–Kier alpha value is -1.95. The molecule has 1 rings (SSSR count). The van der Waals surface area contributed by atoms with Gasteiger partial charge in [0, 0.05) is 25.7 Å². The molecule has 0 aliphatic heterocycles. The van der Waals surface area contributed by atoms with E-state index in [1.165, 1.54) is 0 Å². The molecule has 0 saturated carbocycles. The maximum Gasteiger partial charge on any atom is 0.227 e. The van der Waals surface area contributed by atoms with Crippen LogP contribution in [0.15, 0.2) is 29.3 Å². The molecule has 7 heteroatoms. The zero-order valence-corrected chi connectivity index (χ0v) is 16.5. The van der Waals surface area contributed by atoms with Crippen LogP contribution in [0.1, 0.15) is 20.8 Å². The van der Waals surface area contributed by atoms with Crippen LogP contribution in [0, 0.1) is 5.41 Å². The number of hydrogen-bond acceptors (Lipinski definition) is 3. The van der Waals surface area contributed by atoms with Crippen molar-refractivity contribution in [3.8, 4) is 5.75 Å². The summed E-state index contributed by atoms with van der Waals surface area (Å²) in [5.41, 5.74) is -0.559. The van der Waals surface area contributed by atoms with Gasteiger partial charge in [0.25, 0.3) is 0 Å². The predicted molar refractivity (Wildman–Crippen MR) is 103 cm³/mol. The van der Waals surface area contributed by atoms with E-state index in [9.17, 15) is 4.79 Å². The summed E-state index contributed by atoms with van der Waals surface area (Å²) in [7, 11) is 3.58. The van der Waals surface area contributed by atoms with Crippen molar-refractivity contribution in [3.05, 3.63) is 29.3 Å². The van der Waals surface area contributed by atoms with Crippen molar-refractivity contribution >= 4 is 23.5 Å². The van der Waals surface area contributed by atoms with Gasteiger partial charge in [0.1, 0.15) is 12.4 Å². The van der Waals surface area contributed by atoms with Crippen LogP contribution in [-0.4, -0.2) is 57.1 Å². The van der Waals surface area contributed by atoms with Crippen LogP contribution in [0.4, 0.5) is 0 Å². The maximum absolute atomic E-state index is 11.9. The topological polar surface area (TPSA) is 66.0 Å². The second kappa shape index (κ2) is 10.1. The molecule has 0 unspecified atom stereocenters. The Morgan fingerprint density at radius 3 is 2.52 bits per heavy atom. The van der Waals surface area contributed by atoms with Crippen molar-refractivity contribution in [2.75, 3.05) is 40.3 Å². The summed E-state index contributed by atoms with van der Waals surface area (Å²) in [5, 5.41) is 6.60. The summed E-state index contributed by atoms with van der Waals surface area (Å²) in [6.45, 7) is 8.10. The number of carbonyl (C=O) groups excluding carboxylic acids is 1. The summed E-state index contributed by atoms with van der Waals surface area (Å²) in [5.74, 6) is 1.50. The fourth-order valence-corrected chi connectivity index (χ4v) is 2.22. The highest BCUT2D eigenvalue weighted by Crippen LogP contribution is 2.16. The molecule has 25 heavy (non-hydrogen) atoms. The third-order valence-electron chi connectivity index (χ3n) is 3.67. The van der Waals surface area contributed by atoms with Gasteiger partial charge in [-0.2, -0.15) is 0 Å². The number of carbonyl (C=O) groups is 1. The highest BCUT2D eigenvalue weighted by atomic mass is 35.5. The van der Waals surface area contributed by atoms with Crippen LogP contribution in [0.3, 0.4) is 0 Å². The molecule has 2 N–H and O–H groups in total. The Bertz CT molecular complexity index is 573. The van der Waals surface area contributed by atoms with E-state index in [4.69, 9.17) is 16.3 Å². The summed E-state index contributed by atoms with van der Waals surface area (Å²) in [4.78, 5) is 18.5. The minimum atomic E-state index is -0.559. The maximum atomic E-state index is 11.9. The van der Waals surface area contributed by atoms with E-state index < -0.39 is 5.41 Å². The van der Waals surface area contributed by atoms with E-state index in [1.54, 1.807) is 19.2 Å². The normalized spacial score (nSPS) is 11.8. The van der Waals surface area contributed by atoms with Crippen molar-refractivity contribution in [1.29, 1.82) is 0 Å². The molecule has 0 heterocycles. The van der Waals surface area contributed by atoms with Gasteiger partial charge in [-0.15, -0.1) is 0 Å². The Kier molecular flexibility index (Phi) is 8.55. The molecule has 0 saturated heterocycles. The van der Waals surface area contributed by atoms with Gasteiger partial charge in [-0.1, -0.05) is 11.6 Å². The zero-order chi connectivity index (χ0) is 18.9. The van der Waals surface area contributed by atoms with Gasteiger partial charge in [-0.25, -0.2) is 0 Å². The summed E-state index contributed by atoms with van der Waals surface area (Å²) >= 11 is 5.86. The number of amides is 1. The lowest BCUT2D eigenvalue weighted by Gasteiger charge is -2.25. The minimum Gasteiger partial charge on any atom is -0.492 e. The van der Waals surface area contributed by atoms with E-state index in [0.717, 1.165) is 18.3 Å². The molecule has 0 fully saturated rings. The first-order chi connectivity index (χ1) is 11.8. The zero-order valence-electron chi connectivity index (χ0n) is 15.7. The molecule has 0 atom stereocenters. The van der Waals surface area contributed by atoms with Crippen molar-refractivity contribution < 1.29 is 9.53 Å². The molecule has 0 bridgehead atoms. The number of benzene rings is 1. The molecule has 0 aliphatic rings. The largest absolute Gasteiger partial charge is 0.492 e. The molecular weight excluding hydrogens is 340 g/mol. The number of guanidine groups is 1. The lowest BCUT2D eigenvalue weighted by atomic mass is 9.93. The van der Waals surface area contributed by atoms with Crippen molar-refractivity contribution in [2.24, 2.45) is 10.4 Å². The number of ether oxygens (including phenoxy) is 1. The number of halogens is 1. The summed E-state index contributed by atoms with van der Waals surface area (Å²) < 4.78 is 5.71. The molecular formula is C18H29ClN4O2. The number of nitrogens with zero attached hydrogens (tertiary/aromatic N) is 2. The summed E-state index contributed by atoms with van der Waals surface area (Å²) in [6, 6.07) is 7.28. The van der Waals surface area contributed by atoms with Gasteiger partial charge in [0.15, 0.2) is 5.96 Å². The third-order valence-corrected chi connectivity index (χ3v) is 3.92. The van der Waals surface area contributed by atoms with Crippen molar-refractivity contribution in [1.82, 2.24) is 15.5 Å². The van der Waals surface area contributed by atoms with Gasteiger partial charge < -0.3 is 20.3 Å². The monoisotopic (exact) mass is 368 g/mol. The average Bonchev–Trinajstić information content (AvgIpc) is 2.59. The van der Waals surface area contributed by atoms with E-state index in [2.05, 4.69) is 15.6 Å². The Balaban J connectivity index is 2.59. The molecule has 0 radical (unpaired) electrons. The second-order valence-electron chi connectivity index (χ2n) is 6.36. The van der Waals surface area contributed by atoms with E-state index in [-0.39, 0.29) is 5.91 Å². The average molecular weight is 369 g/mol. The first-order valence-electron chi connectivity index (χ1n) is 8.40. The van der Waals surface area contributed by atoms with Crippen LogP contribution in [0.2, 0.25) is 5.02 Å². The van der Waals surface area contributed by atoms with Crippen LogP contribution < -0.4 is 15.4 Å². The van der Waals surface area contributed by atoms with E-state index in [0.29, 0.717) is 24.7 Å². The quantitative estimate of drug-likeness (QED) is 0.546. The molecule has 0 spiro atoms. The molecule has 6 nitrogen and oxygen atoms in total. The fraction of sp³-hybridized carbons (Fsp3) is 0.556. The SMILES string of the molecule is CCNC(=NCC(C)(C)C(=O)NC)N(C)CCOc1ccc(Cl)cc1. The molecule has 1 amide bonds. The molecule has 140 valence electrons. The first-order valence-corrected chi connectivity index (χ1v) is 8.78. The van der Waals surface area contributed by atoms with E-state index >= 15 is 0 Å². The van der Waals surface area contributed by atoms with Crippen LogP contribution in [0.25, 0.3) is 0 Å². The Morgan fingerprint density at radius 2 is 1.96 bits per heavy atom. The lowest BCUT2D eigenvalue weighted by Crippen LogP contribution is -2.43. The lowest BCUT2D eigenvalue weighted by molar-refractivity contribution is -0.128. The first kappa shape index (κ1) is 21.1. The fourth-order valence-electron chi connectivity index (χ4n) is 2.09. The van der Waals surface area contributed by atoms with Crippen LogP contribution in [0.5, 0.6) is 5.75 Å². The van der Waals surface area contributed by atoms with Gasteiger partial charge in [-0.3, -0.25) is 9.79 Å². The number of aliphatic imine (C=N–C) groups is 1. The highest BCUT2D eigenvalue weighted by Gasteiger charge is 2.26. The van der Waals surface area contributed by atoms with Gasteiger partial charge >= 0.3 is 0 Å². The molecule has 1 aromatic carbocycles. The smallest absolute Gasteiger partial charge is 0.227 e. The Labute approximate surface area is 155 Å². The number of nitrogens with one attached hydrogen (secondary N) is 2. The minimum absolute atomic E-state index is 0.0270. The Morgan fingerprint density at radius 1 is 1.32 bits per heavy atom. The van der Waals surface area contributed by atoms with Crippen LogP contribution in [-0.2, 0) is 4.79 Å². The second-order valence-corrected chi connectivity index (χ2v) is 6.79. The van der Waals surface area contributed by atoms with Gasteiger partial charge in [0.2, 0.25) is 5.91 Å². The number of likely N-dealkylation sites (N-methyl/N-ethyl adjacent to an activating group) is 1. The van der Waals surface area contributed by atoms with E-state index in [1.807, 2.05) is 44.9 Å². The van der Waals surface area contributed by atoms with Crippen molar-refractivity contribution in [3.63, 3.8) is 0 Å². The highest BCUT2D eigenvalue weighted by molar-refractivity contribution is 6.30. The number of hydrogen-bond donors (Lipinski definition) is 2. The predicted octanol–water partition coefficient (Wildman–Crippen LogP) is 2.39. The summed E-state index contributed by atoms with van der Waals surface area (Å²) in [6.07, 6.45) is 0. The van der Waals surface area contributed by atoms with Crippen molar-refractivity contribution in [2.45, 2.75) is 20.8 Å². The third kappa shape index (κ3) is 7.22. The van der Waals surface area contributed by atoms with Gasteiger partial charge in [0.05, 0.1) is 18.5 Å². The molecule has 0 aromatic heterocycles. The van der Waals surface area contributed by atoms with Crippen LogP contribution >= 0.6 is 11.6 Å². The molecule has 1 aromatic rings.